The van der Waals surface area contributed by atoms with Crippen molar-refractivity contribution in [2.45, 2.75) is 37.7 Å². The molecule has 30 heavy (non-hydrogen) atoms. The van der Waals surface area contributed by atoms with Crippen molar-refractivity contribution in [3.05, 3.63) is 17.9 Å². The van der Waals surface area contributed by atoms with E-state index in [1.165, 1.54) is 29.3 Å². The molecule has 2 aliphatic rings. The van der Waals surface area contributed by atoms with Crippen LogP contribution in [0.2, 0.25) is 0 Å². The van der Waals surface area contributed by atoms with E-state index in [-0.39, 0.29) is 42.4 Å². The number of piperidine rings is 1. The van der Waals surface area contributed by atoms with Crippen LogP contribution in [0.3, 0.4) is 0 Å². The number of ether oxygens (including phenoxy) is 1. The van der Waals surface area contributed by atoms with Gasteiger partial charge in [0.25, 0.3) is 10.0 Å². The number of sulfonamides is 1. The maximum atomic E-state index is 12.8. The predicted octanol–water partition coefficient (Wildman–Crippen LogP) is 1.41. The summed E-state index contributed by atoms with van der Waals surface area (Å²) < 4.78 is 37.0. The third-order valence-corrected chi connectivity index (χ3v) is 7.55. The van der Waals surface area contributed by atoms with Crippen LogP contribution in [0.4, 0.5) is 0 Å². The number of carbonyl (C=O) groups is 2. The lowest BCUT2D eigenvalue weighted by Crippen LogP contribution is -2.44. The predicted molar refractivity (Wildman–Crippen MR) is 109 cm³/mol. The first-order valence-corrected chi connectivity index (χ1v) is 12.0. The first-order valence-electron chi connectivity index (χ1n) is 10.6. The molecule has 0 aromatic carbocycles. The maximum absolute atomic E-state index is 12.8. The molecule has 3 heterocycles. The monoisotopic (exact) mass is 441 g/mol. The number of esters is 1. The Morgan fingerprint density at radius 1 is 1.17 bits per heavy atom. The van der Waals surface area contributed by atoms with Crippen LogP contribution in [0.5, 0.6) is 0 Å². The Bertz CT molecular complexity index is 838. The van der Waals surface area contributed by atoms with Crippen LogP contribution in [0.15, 0.2) is 21.6 Å². The highest BCUT2D eigenvalue weighted by Crippen LogP contribution is 2.26. The summed E-state index contributed by atoms with van der Waals surface area (Å²) in [5.41, 5.74) is 0. The first kappa shape index (κ1) is 22.8. The smallest absolute Gasteiger partial charge is 0.374 e. The highest BCUT2D eigenvalue weighted by molar-refractivity contribution is 7.89. The van der Waals surface area contributed by atoms with Crippen LogP contribution in [0.1, 0.15) is 43.2 Å². The Morgan fingerprint density at radius 2 is 1.83 bits per heavy atom. The third-order valence-electron chi connectivity index (χ3n) is 5.78. The van der Waals surface area contributed by atoms with E-state index in [0.29, 0.717) is 19.4 Å². The van der Waals surface area contributed by atoms with E-state index in [4.69, 9.17) is 9.15 Å². The molecule has 2 aliphatic heterocycles. The standard InChI is InChI=1S/C20H31N3O6S/c1-3-28-20(25)17-6-7-18(29-17)30(26,27)23-12-8-16(9-13-23)19(24)21(2)14-15-22-10-4-5-11-22/h6-7,16H,3-5,8-15H2,1-2H3. The number of amides is 1. The van der Waals surface area contributed by atoms with Gasteiger partial charge in [-0.05, 0) is 57.8 Å². The first-order chi connectivity index (χ1) is 14.3. The summed E-state index contributed by atoms with van der Waals surface area (Å²) >= 11 is 0. The molecule has 0 spiro atoms. The normalized spacial score (nSPS) is 19.1. The quantitative estimate of drug-likeness (QED) is 0.562. The van der Waals surface area contributed by atoms with Gasteiger partial charge in [-0.15, -0.1) is 0 Å². The minimum atomic E-state index is -3.85. The molecule has 0 radical (unpaired) electrons. The molecule has 2 fully saturated rings. The zero-order chi connectivity index (χ0) is 21.7. The highest BCUT2D eigenvalue weighted by Gasteiger charge is 2.35. The van der Waals surface area contributed by atoms with Gasteiger partial charge in [0.15, 0.2) is 0 Å². The van der Waals surface area contributed by atoms with E-state index in [0.717, 1.165) is 19.6 Å². The molecule has 0 atom stereocenters. The van der Waals surface area contributed by atoms with Gasteiger partial charge in [0.1, 0.15) is 0 Å². The van der Waals surface area contributed by atoms with Gasteiger partial charge in [-0.1, -0.05) is 0 Å². The van der Waals surface area contributed by atoms with E-state index < -0.39 is 16.0 Å². The Kier molecular flexibility index (Phi) is 7.54. The Labute approximate surface area is 178 Å². The van der Waals surface area contributed by atoms with Crippen molar-refractivity contribution >= 4 is 21.9 Å². The number of rotatable bonds is 8. The molecule has 0 bridgehead atoms. The minimum Gasteiger partial charge on any atom is -0.460 e. The van der Waals surface area contributed by atoms with Crippen LogP contribution in [0.25, 0.3) is 0 Å². The minimum absolute atomic E-state index is 0.0776. The summed E-state index contributed by atoms with van der Waals surface area (Å²) in [5.74, 6) is -0.930. The van der Waals surface area contributed by atoms with Crippen LogP contribution in [-0.2, 0) is 19.6 Å². The van der Waals surface area contributed by atoms with Crippen molar-refractivity contribution in [1.82, 2.24) is 14.1 Å². The molecule has 10 heteroatoms. The van der Waals surface area contributed by atoms with E-state index >= 15 is 0 Å². The van der Waals surface area contributed by atoms with Crippen LogP contribution in [0, 0.1) is 5.92 Å². The summed E-state index contributed by atoms with van der Waals surface area (Å²) in [6, 6.07) is 2.57. The van der Waals surface area contributed by atoms with E-state index in [1.54, 1.807) is 11.8 Å². The second-order valence-corrected chi connectivity index (χ2v) is 9.69. The van der Waals surface area contributed by atoms with Crippen molar-refractivity contribution in [3.63, 3.8) is 0 Å². The number of nitrogens with zero attached hydrogens (tertiary/aromatic N) is 3. The van der Waals surface area contributed by atoms with Gasteiger partial charge >= 0.3 is 5.97 Å². The fourth-order valence-electron chi connectivity index (χ4n) is 3.96. The molecular formula is C20H31N3O6S. The molecule has 1 aromatic heterocycles. The van der Waals surface area contributed by atoms with Crippen molar-refractivity contribution < 1.29 is 27.2 Å². The molecule has 0 saturated carbocycles. The Morgan fingerprint density at radius 3 is 2.47 bits per heavy atom. The molecule has 0 aliphatic carbocycles. The van der Waals surface area contributed by atoms with E-state index in [2.05, 4.69) is 4.90 Å². The molecule has 1 amide bonds. The molecular weight excluding hydrogens is 410 g/mol. The lowest BCUT2D eigenvalue weighted by molar-refractivity contribution is -0.135. The molecule has 0 unspecified atom stereocenters. The van der Waals surface area contributed by atoms with Crippen molar-refractivity contribution in [3.8, 4) is 0 Å². The number of likely N-dealkylation sites (N-methyl/N-ethyl adjacent to an activating group) is 1. The van der Waals surface area contributed by atoms with Crippen LogP contribution >= 0.6 is 0 Å². The van der Waals surface area contributed by atoms with Crippen molar-refractivity contribution in [1.29, 1.82) is 0 Å². The van der Waals surface area contributed by atoms with Gasteiger partial charge in [0.05, 0.1) is 6.61 Å². The molecule has 168 valence electrons. The summed E-state index contributed by atoms with van der Waals surface area (Å²) in [5, 5.41) is -0.280. The Hall–Kier alpha value is -1.91. The van der Waals surface area contributed by atoms with Gasteiger partial charge in [0.2, 0.25) is 16.8 Å². The fourth-order valence-corrected chi connectivity index (χ4v) is 5.34. The molecule has 0 N–H and O–H groups in total. The molecule has 1 aromatic rings. The number of likely N-dealkylation sites (tertiary alicyclic amines) is 1. The zero-order valence-electron chi connectivity index (χ0n) is 17.7. The van der Waals surface area contributed by atoms with Gasteiger partial charge in [-0.3, -0.25) is 4.79 Å². The SMILES string of the molecule is CCOC(=O)c1ccc(S(=O)(=O)N2CCC(C(=O)N(C)CCN3CCCC3)CC2)o1. The summed E-state index contributed by atoms with van der Waals surface area (Å²) in [6.45, 7) is 6.11. The van der Waals surface area contributed by atoms with Gasteiger partial charge in [-0.25, -0.2) is 13.2 Å². The number of hydrogen-bond donors (Lipinski definition) is 0. The second-order valence-electron chi connectivity index (χ2n) is 7.83. The van der Waals surface area contributed by atoms with E-state index in [1.807, 2.05) is 7.05 Å². The summed E-state index contributed by atoms with van der Waals surface area (Å²) in [4.78, 5) is 28.6. The third kappa shape index (κ3) is 5.22. The molecule has 3 rings (SSSR count). The largest absolute Gasteiger partial charge is 0.460 e. The number of carbonyl (C=O) groups excluding carboxylic acids is 2. The number of furan rings is 1. The number of hydrogen-bond acceptors (Lipinski definition) is 7. The van der Waals surface area contributed by atoms with Crippen molar-refractivity contribution in [2.24, 2.45) is 5.92 Å². The van der Waals surface area contributed by atoms with Crippen molar-refractivity contribution in [2.75, 3.05) is 52.9 Å². The van der Waals surface area contributed by atoms with Gasteiger partial charge in [0, 0.05) is 39.1 Å². The fraction of sp³-hybridized carbons (Fsp3) is 0.700. The topological polar surface area (TPSA) is 100 Å². The Balaban J connectivity index is 1.52. The van der Waals surface area contributed by atoms with Crippen LogP contribution in [-0.4, -0.2) is 87.3 Å². The lowest BCUT2D eigenvalue weighted by Gasteiger charge is -2.32. The van der Waals surface area contributed by atoms with Gasteiger partial charge in [-0.2, -0.15) is 4.31 Å². The zero-order valence-corrected chi connectivity index (χ0v) is 18.5. The summed E-state index contributed by atoms with van der Waals surface area (Å²) in [7, 11) is -2.03. The average Bonchev–Trinajstić information content (AvgIpc) is 3.44. The second kappa shape index (κ2) is 9.93. The summed E-state index contributed by atoms with van der Waals surface area (Å²) in [6.07, 6.45) is 3.39. The lowest BCUT2D eigenvalue weighted by atomic mass is 9.97. The van der Waals surface area contributed by atoms with Gasteiger partial charge < -0.3 is 19.0 Å². The maximum Gasteiger partial charge on any atom is 0.374 e. The molecule has 9 nitrogen and oxygen atoms in total. The van der Waals surface area contributed by atoms with E-state index in [9.17, 15) is 18.0 Å². The molecule has 2 saturated heterocycles. The average molecular weight is 442 g/mol. The highest BCUT2D eigenvalue weighted by atomic mass is 32.2. The van der Waals surface area contributed by atoms with Crippen LogP contribution < -0.4 is 0 Å².